The van der Waals surface area contributed by atoms with Crippen LogP contribution < -0.4 is 10.6 Å². The molecule has 3 nitrogen and oxygen atoms in total. The van der Waals surface area contributed by atoms with E-state index in [9.17, 15) is 0 Å². The van der Waals surface area contributed by atoms with Crippen LogP contribution in [0.2, 0.25) is 0 Å². The van der Waals surface area contributed by atoms with E-state index in [4.69, 9.17) is 4.99 Å². The van der Waals surface area contributed by atoms with Crippen molar-refractivity contribution in [1.82, 2.24) is 9.57 Å². The molecule has 29 heavy (non-hydrogen) atoms. The summed E-state index contributed by atoms with van der Waals surface area (Å²) in [6.07, 6.45) is 0. The Hall–Kier alpha value is -1.86. The molecule has 0 fully saturated rings. The molecule has 0 aliphatic rings. The number of guanidine groups is 1. The van der Waals surface area contributed by atoms with Gasteiger partial charge in [0, 0.05) is 34.8 Å². The number of hydrogen-bond donors (Lipinski definition) is 0. The van der Waals surface area contributed by atoms with Gasteiger partial charge in [-0.05, 0) is 55.4 Å². The van der Waals surface area contributed by atoms with E-state index in [1.165, 1.54) is 10.6 Å². The molecule has 4 heteroatoms. The normalized spacial score (nSPS) is 12.5. The van der Waals surface area contributed by atoms with Crippen molar-refractivity contribution < 1.29 is 0 Å². The van der Waals surface area contributed by atoms with Gasteiger partial charge in [0.15, 0.2) is 0 Å². The SMILES string of the molecule is CC(C)N=C(N(C(C)C)C(C)C)N(C(C)C)P(c1ccccc1)c1ccccc1. The molecule has 0 radical (unpaired) electrons. The van der Waals surface area contributed by atoms with Crippen LogP contribution in [0.4, 0.5) is 0 Å². The summed E-state index contributed by atoms with van der Waals surface area (Å²) in [5, 5.41) is 2.71. The van der Waals surface area contributed by atoms with Crippen LogP contribution in [0.25, 0.3) is 0 Å². The van der Waals surface area contributed by atoms with Gasteiger partial charge in [-0.25, -0.2) is 4.99 Å². The standard InChI is InChI=1S/C25H38N3P/c1-19(2)26-25(27(20(3)4)21(5)6)28(22(7)8)29(23-15-11-9-12-16-23)24-17-13-10-14-18-24/h9-22H,1-8H3. The number of nitrogens with zero attached hydrogens (tertiary/aromatic N) is 3. The van der Waals surface area contributed by atoms with Crippen molar-refractivity contribution in [2.24, 2.45) is 4.99 Å². The molecule has 0 amide bonds. The third kappa shape index (κ3) is 6.06. The lowest BCUT2D eigenvalue weighted by Crippen LogP contribution is -2.52. The summed E-state index contributed by atoms with van der Waals surface area (Å²) in [5.41, 5.74) is 0. The average molecular weight is 412 g/mol. The molecule has 2 aromatic rings. The molecule has 0 aliphatic carbocycles. The maximum Gasteiger partial charge on any atom is 0.201 e. The highest BCUT2D eigenvalue weighted by Gasteiger charge is 2.33. The summed E-state index contributed by atoms with van der Waals surface area (Å²) in [4.78, 5) is 7.67. The van der Waals surface area contributed by atoms with E-state index in [1.54, 1.807) is 0 Å². The minimum atomic E-state index is -0.745. The maximum absolute atomic E-state index is 5.20. The number of benzene rings is 2. The van der Waals surface area contributed by atoms with E-state index in [0.29, 0.717) is 18.1 Å². The fourth-order valence-electron chi connectivity index (χ4n) is 3.62. The molecule has 0 spiro atoms. The van der Waals surface area contributed by atoms with Gasteiger partial charge >= 0.3 is 0 Å². The van der Waals surface area contributed by atoms with E-state index in [0.717, 1.165) is 5.96 Å². The van der Waals surface area contributed by atoms with Crippen LogP contribution in [-0.4, -0.2) is 39.7 Å². The molecule has 0 bridgehead atoms. The van der Waals surface area contributed by atoms with Crippen LogP contribution >= 0.6 is 8.07 Å². The average Bonchev–Trinajstić information content (AvgIpc) is 2.65. The molecule has 0 atom stereocenters. The zero-order valence-corrected chi connectivity index (χ0v) is 20.3. The van der Waals surface area contributed by atoms with Crippen molar-refractivity contribution >= 4 is 24.6 Å². The van der Waals surface area contributed by atoms with Gasteiger partial charge < -0.3 is 9.57 Å². The second-order valence-electron chi connectivity index (χ2n) is 8.54. The summed E-state index contributed by atoms with van der Waals surface area (Å²) in [7, 11) is -0.745. The third-order valence-electron chi connectivity index (χ3n) is 4.63. The van der Waals surface area contributed by atoms with Crippen molar-refractivity contribution in [3.05, 3.63) is 60.7 Å². The zero-order valence-electron chi connectivity index (χ0n) is 19.4. The fraction of sp³-hybridized carbons (Fsp3) is 0.480. The van der Waals surface area contributed by atoms with Gasteiger partial charge in [-0.1, -0.05) is 60.7 Å². The first-order valence-electron chi connectivity index (χ1n) is 10.8. The highest BCUT2D eigenvalue weighted by atomic mass is 31.1. The van der Waals surface area contributed by atoms with Gasteiger partial charge in [0.2, 0.25) is 5.96 Å². The predicted octanol–water partition coefficient (Wildman–Crippen LogP) is 5.63. The van der Waals surface area contributed by atoms with Gasteiger partial charge in [-0.15, -0.1) is 0 Å². The van der Waals surface area contributed by atoms with E-state index in [1.807, 2.05) is 0 Å². The van der Waals surface area contributed by atoms with Crippen LogP contribution in [0, 0.1) is 0 Å². The van der Waals surface area contributed by atoms with Crippen molar-refractivity contribution in [3.8, 4) is 0 Å². The second kappa shape index (κ2) is 10.8. The summed E-state index contributed by atoms with van der Waals surface area (Å²) >= 11 is 0. The molecule has 0 aromatic heterocycles. The molecule has 2 rings (SSSR count). The molecule has 0 unspecified atom stereocenters. The molecule has 158 valence electrons. The van der Waals surface area contributed by atoms with E-state index >= 15 is 0 Å². The van der Waals surface area contributed by atoms with Gasteiger partial charge in [-0.3, -0.25) is 0 Å². The van der Waals surface area contributed by atoms with Gasteiger partial charge in [0.1, 0.15) is 0 Å². The van der Waals surface area contributed by atoms with E-state index in [-0.39, 0.29) is 6.04 Å². The van der Waals surface area contributed by atoms with Crippen LogP contribution in [0.15, 0.2) is 65.7 Å². The Morgan fingerprint density at radius 1 is 0.655 bits per heavy atom. The van der Waals surface area contributed by atoms with Crippen LogP contribution in [-0.2, 0) is 0 Å². The molecule has 0 N–H and O–H groups in total. The van der Waals surface area contributed by atoms with Crippen molar-refractivity contribution in [3.63, 3.8) is 0 Å². The Morgan fingerprint density at radius 2 is 1.07 bits per heavy atom. The summed E-state index contributed by atoms with van der Waals surface area (Å²) in [6.45, 7) is 18.0. The van der Waals surface area contributed by atoms with Gasteiger partial charge in [-0.2, -0.15) is 0 Å². The first kappa shape index (κ1) is 23.4. The highest BCUT2D eigenvalue weighted by molar-refractivity contribution is 7.71. The monoisotopic (exact) mass is 411 g/mol. The van der Waals surface area contributed by atoms with E-state index in [2.05, 4.69) is 126 Å². The summed E-state index contributed by atoms with van der Waals surface area (Å²) in [6, 6.07) is 23.1. The number of hydrogen-bond acceptors (Lipinski definition) is 1. The van der Waals surface area contributed by atoms with Gasteiger partial charge in [0.25, 0.3) is 0 Å². The second-order valence-corrected chi connectivity index (χ2v) is 10.6. The maximum atomic E-state index is 5.20. The quantitative estimate of drug-likeness (QED) is 0.334. The van der Waals surface area contributed by atoms with Crippen molar-refractivity contribution in [2.45, 2.75) is 79.6 Å². The lowest BCUT2D eigenvalue weighted by Gasteiger charge is -2.45. The van der Waals surface area contributed by atoms with Crippen LogP contribution in [0.5, 0.6) is 0 Å². The molecule has 0 saturated carbocycles. The molecular formula is C25H38N3P. The Bertz CT molecular complexity index is 707. The molecule has 2 aromatic carbocycles. The van der Waals surface area contributed by atoms with Gasteiger partial charge in [0.05, 0.1) is 8.07 Å². The van der Waals surface area contributed by atoms with Crippen LogP contribution in [0.3, 0.4) is 0 Å². The largest absolute Gasteiger partial charge is 0.338 e. The zero-order chi connectivity index (χ0) is 21.6. The lowest BCUT2D eigenvalue weighted by molar-refractivity contribution is 0.259. The smallest absolute Gasteiger partial charge is 0.201 e. The Morgan fingerprint density at radius 3 is 1.38 bits per heavy atom. The first-order valence-corrected chi connectivity index (χ1v) is 12.1. The summed E-state index contributed by atoms with van der Waals surface area (Å²) in [5.74, 6) is 1.11. The first-order chi connectivity index (χ1) is 13.7. The Labute approximate surface area is 179 Å². The summed E-state index contributed by atoms with van der Waals surface area (Å²) < 4.78 is 2.57. The topological polar surface area (TPSA) is 18.8 Å². The Kier molecular flexibility index (Phi) is 8.71. The number of rotatable bonds is 7. The predicted molar refractivity (Wildman–Crippen MR) is 131 cm³/mol. The fourth-order valence-corrected chi connectivity index (χ4v) is 6.12. The van der Waals surface area contributed by atoms with Crippen LogP contribution in [0.1, 0.15) is 55.4 Å². The molecule has 0 saturated heterocycles. The molecule has 0 heterocycles. The molecule has 0 aliphatic heterocycles. The number of aliphatic imine (C=N–C) groups is 1. The highest BCUT2D eigenvalue weighted by Crippen LogP contribution is 2.41. The van der Waals surface area contributed by atoms with Crippen molar-refractivity contribution in [2.75, 3.05) is 0 Å². The third-order valence-corrected chi connectivity index (χ3v) is 7.27. The van der Waals surface area contributed by atoms with E-state index < -0.39 is 8.07 Å². The minimum Gasteiger partial charge on any atom is -0.338 e. The van der Waals surface area contributed by atoms with Crippen molar-refractivity contribution in [1.29, 1.82) is 0 Å². The Balaban J connectivity index is 2.73. The lowest BCUT2D eigenvalue weighted by atomic mass is 10.2. The molecular weight excluding hydrogens is 373 g/mol. The minimum absolute atomic E-state index is 0.231.